The van der Waals surface area contributed by atoms with Crippen LogP contribution in [0.3, 0.4) is 0 Å². The number of para-hydroxylation sites is 2. The van der Waals surface area contributed by atoms with E-state index in [4.69, 9.17) is 16.3 Å². The van der Waals surface area contributed by atoms with Crippen LogP contribution in [0, 0.1) is 0 Å². The van der Waals surface area contributed by atoms with Crippen molar-refractivity contribution in [3.8, 4) is 5.75 Å². The Morgan fingerprint density at radius 1 is 1.36 bits per heavy atom. The molecule has 5 nitrogen and oxygen atoms in total. The van der Waals surface area contributed by atoms with Gasteiger partial charge in [-0.25, -0.2) is 4.98 Å². The second kappa shape index (κ2) is 7.45. The van der Waals surface area contributed by atoms with E-state index in [1.807, 2.05) is 24.3 Å². The summed E-state index contributed by atoms with van der Waals surface area (Å²) in [4.78, 5) is 21.9. The van der Waals surface area contributed by atoms with Crippen LogP contribution in [0.5, 0.6) is 5.75 Å². The van der Waals surface area contributed by atoms with Crippen LogP contribution in [-0.2, 0) is 11.3 Å². The number of fused-ring (bicyclic) bond motifs is 1. The SMILES string of the molecule is CC(Oc1ccc(Cl)cc1Br)C(=O)N(C)Cc1nc2ccccc2[nH]1. The van der Waals surface area contributed by atoms with Crippen molar-refractivity contribution in [2.75, 3.05) is 7.05 Å². The average molecular weight is 423 g/mol. The number of imidazole rings is 1. The van der Waals surface area contributed by atoms with Crippen molar-refractivity contribution < 1.29 is 9.53 Å². The van der Waals surface area contributed by atoms with Gasteiger partial charge < -0.3 is 14.6 Å². The normalized spacial score (nSPS) is 12.2. The molecule has 130 valence electrons. The van der Waals surface area contributed by atoms with Gasteiger partial charge in [0.2, 0.25) is 0 Å². The molecule has 1 heterocycles. The molecule has 0 spiro atoms. The van der Waals surface area contributed by atoms with Gasteiger partial charge in [-0.3, -0.25) is 4.79 Å². The van der Waals surface area contributed by atoms with Crippen molar-refractivity contribution in [1.82, 2.24) is 14.9 Å². The van der Waals surface area contributed by atoms with Gasteiger partial charge in [-0.05, 0) is 53.2 Å². The fraction of sp³-hybridized carbons (Fsp3) is 0.222. The molecular weight excluding hydrogens is 406 g/mol. The zero-order chi connectivity index (χ0) is 18.0. The van der Waals surface area contributed by atoms with Crippen LogP contribution in [0.1, 0.15) is 12.7 Å². The molecule has 0 aliphatic rings. The second-order valence-corrected chi connectivity index (χ2v) is 7.02. The highest BCUT2D eigenvalue weighted by Gasteiger charge is 2.21. The highest BCUT2D eigenvalue weighted by Crippen LogP contribution is 2.29. The fourth-order valence-corrected chi connectivity index (χ4v) is 3.28. The predicted octanol–water partition coefficient (Wildman–Crippen LogP) is 4.40. The third-order valence-corrected chi connectivity index (χ3v) is 4.60. The first-order valence-electron chi connectivity index (χ1n) is 7.74. The van der Waals surface area contributed by atoms with Crippen molar-refractivity contribution >= 4 is 44.5 Å². The van der Waals surface area contributed by atoms with Crippen molar-refractivity contribution in [3.05, 3.63) is 57.8 Å². The molecule has 1 atom stereocenters. The first-order chi connectivity index (χ1) is 11.9. The van der Waals surface area contributed by atoms with Gasteiger partial charge in [0.25, 0.3) is 5.91 Å². The lowest BCUT2D eigenvalue weighted by Gasteiger charge is -2.21. The Hall–Kier alpha value is -2.05. The Kier molecular flexibility index (Phi) is 5.30. The second-order valence-electron chi connectivity index (χ2n) is 5.73. The first kappa shape index (κ1) is 17.8. The number of aromatic amines is 1. The zero-order valence-corrected chi connectivity index (χ0v) is 16.1. The van der Waals surface area contributed by atoms with Gasteiger partial charge in [0.05, 0.1) is 22.1 Å². The van der Waals surface area contributed by atoms with Crippen molar-refractivity contribution in [1.29, 1.82) is 0 Å². The highest BCUT2D eigenvalue weighted by molar-refractivity contribution is 9.10. The molecule has 3 rings (SSSR count). The highest BCUT2D eigenvalue weighted by atomic mass is 79.9. The van der Waals surface area contributed by atoms with Gasteiger partial charge in [0.15, 0.2) is 6.10 Å². The lowest BCUT2D eigenvalue weighted by molar-refractivity contribution is -0.137. The maximum Gasteiger partial charge on any atom is 0.263 e. The van der Waals surface area contributed by atoms with E-state index in [9.17, 15) is 4.79 Å². The number of nitrogens with one attached hydrogen (secondary N) is 1. The number of carbonyl (C=O) groups is 1. The van der Waals surface area contributed by atoms with Crippen LogP contribution in [-0.4, -0.2) is 33.9 Å². The third-order valence-electron chi connectivity index (χ3n) is 3.75. The molecule has 0 saturated heterocycles. The lowest BCUT2D eigenvalue weighted by atomic mass is 10.3. The van der Waals surface area contributed by atoms with Gasteiger partial charge in [-0.15, -0.1) is 0 Å². The van der Waals surface area contributed by atoms with Crippen LogP contribution in [0.15, 0.2) is 46.9 Å². The van der Waals surface area contributed by atoms with E-state index >= 15 is 0 Å². The lowest BCUT2D eigenvalue weighted by Crippen LogP contribution is -2.37. The summed E-state index contributed by atoms with van der Waals surface area (Å²) < 4.78 is 6.46. The van der Waals surface area contributed by atoms with Crippen LogP contribution in [0.25, 0.3) is 11.0 Å². The number of hydrogen-bond donors (Lipinski definition) is 1. The maximum atomic E-state index is 12.6. The minimum Gasteiger partial charge on any atom is -0.480 e. The summed E-state index contributed by atoms with van der Waals surface area (Å²) in [6.45, 7) is 2.10. The number of H-pyrrole nitrogens is 1. The molecule has 0 aliphatic carbocycles. The van der Waals surface area contributed by atoms with E-state index in [-0.39, 0.29) is 5.91 Å². The molecule has 1 unspecified atom stereocenters. The van der Waals surface area contributed by atoms with Crippen LogP contribution in [0.4, 0.5) is 0 Å². The predicted molar refractivity (Wildman–Crippen MR) is 102 cm³/mol. The third kappa shape index (κ3) is 4.14. The standard InChI is InChI=1S/C18H17BrClN3O2/c1-11(25-16-8-7-12(20)9-13(16)19)18(24)23(2)10-17-21-14-5-3-4-6-15(14)22-17/h3-9,11H,10H2,1-2H3,(H,21,22). The van der Waals surface area contributed by atoms with Crippen LogP contribution < -0.4 is 4.74 Å². The number of hydrogen-bond acceptors (Lipinski definition) is 3. The average Bonchev–Trinajstić information content (AvgIpc) is 2.98. The summed E-state index contributed by atoms with van der Waals surface area (Å²) in [5, 5.41) is 0.597. The summed E-state index contributed by atoms with van der Waals surface area (Å²) in [5.74, 6) is 1.17. The number of amides is 1. The molecule has 1 N–H and O–H groups in total. The molecule has 1 amide bonds. The molecule has 1 aromatic heterocycles. The topological polar surface area (TPSA) is 58.2 Å². The molecule has 0 saturated carbocycles. The molecule has 7 heteroatoms. The number of rotatable bonds is 5. The van der Waals surface area contributed by atoms with Crippen LogP contribution in [0.2, 0.25) is 5.02 Å². The Labute approximate surface area is 159 Å². The number of aromatic nitrogens is 2. The first-order valence-corrected chi connectivity index (χ1v) is 8.91. The Bertz CT molecular complexity index is 879. The van der Waals surface area contributed by atoms with Crippen molar-refractivity contribution in [3.63, 3.8) is 0 Å². The van der Waals surface area contributed by atoms with E-state index in [0.717, 1.165) is 16.9 Å². The zero-order valence-electron chi connectivity index (χ0n) is 13.8. The minimum absolute atomic E-state index is 0.137. The van der Waals surface area contributed by atoms with E-state index in [1.54, 1.807) is 37.1 Å². The van der Waals surface area contributed by atoms with Gasteiger partial charge in [-0.2, -0.15) is 0 Å². The Balaban J connectivity index is 1.66. The monoisotopic (exact) mass is 421 g/mol. The molecule has 2 aromatic carbocycles. The van der Waals surface area contributed by atoms with Gasteiger partial charge >= 0.3 is 0 Å². The van der Waals surface area contributed by atoms with E-state index in [0.29, 0.717) is 21.8 Å². The number of benzene rings is 2. The molecule has 0 fully saturated rings. The molecule has 0 aliphatic heterocycles. The number of halogens is 2. The van der Waals surface area contributed by atoms with Crippen molar-refractivity contribution in [2.24, 2.45) is 0 Å². The quantitative estimate of drug-likeness (QED) is 0.663. The summed E-state index contributed by atoms with van der Waals surface area (Å²) >= 11 is 9.30. The molecule has 25 heavy (non-hydrogen) atoms. The van der Waals surface area contributed by atoms with E-state index in [1.165, 1.54) is 0 Å². The number of ether oxygens (including phenoxy) is 1. The maximum absolute atomic E-state index is 12.6. The van der Waals surface area contributed by atoms with Crippen molar-refractivity contribution in [2.45, 2.75) is 19.6 Å². The van der Waals surface area contributed by atoms with Gasteiger partial charge in [0, 0.05) is 12.1 Å². The molecule has 0 bridgehead atoms. The number of nitrogens with zero attached hydrogens (tertiary/aromatic N) is 2. The van der Waals surface area contributed by atoms with Gasteiger partial charge in [-0.1, -0.05) is 23.7 Å². The largest absolute Gasteiger partial charge is 0.480 e. The van der Waals surface area contributed by atoms with E-state index < -0.39 is 6.10 Å². The summed E-state index contributed by atoms with van der Waals surface area (Å²) in [6, 6.07) is 12.9. The number of carbonyl (C=O) groups excluding carboxylic acids is 1. The molecule has 3 aromatic rings. The Morgan fingerprint density at radius 3 is 2.84 bits per heavy atom. The smallest absolute Gasteiger partial charge is 0.263 e. The number of likely N-dealkylation sites (N-methyl/N-ethyl adjacent to an activating group) is 1. The van der Waals surface area contributed by atoms with Gasteiger partial charge in [0.1, 0.15) is 11.6 Å². The molecular formula is C18H17BrClN3O2. The summed E-state index contributed by atoms with van der Waals surface area (Å²) in [5.41, 5.74) is 1.83. The molecule has 0 radical (unpaired) electrons. The summed E-state index contributed by atoms with van der Waals surface area (Å²) in [6.07, 6.45) is -0.633. The van der Waals surface area contributed by atoms with Crippen LogP contribution >= 0.6 is 27.5 Å². The van der Waals surface area contributed by atoms with E-state index in [2.05, 4.69) is 25.9 Å². The minimum atomic E-state index is -0.633. The Morgan fingerprint density at radius 2 is 2.12 bits per heavy atom. The summed E-state index contributed by atoms with van der Waals surface area (Å²) in [7, 11) is 1.73. The fourth-order valence-electron chi connectivity index (χ4n) is 2.51.